The lowest BCUT2D eigenvalue weighted by Crippen LogP contribution is -2.51. The number of likely N-dealkylation sites (tertiary alicyclic amines) is 1. The Balaban J connectivity index is 1.11. The summed E-state index contributed by atoms with van der Waals surface area (Å²) >= 11 is 0. The molecular formula is C18H26N6O2. The van der Waals surface area contributed by atoms with Crippen molar-refractivity contribution in [3.63, 3.8) is 0 Å². The molecule has 1 aromatic heterocycles. The van der Waals surface area contributed by atoms with E-state index in [-0.39, 0.29) is 30.5 Å². The zero-order valence-corrected chi connectivity index (χ0v) is 15.2. The highest BCUT2D eigenvalue weighted by molar-refractivity contribution is 5.84. The molecule has 0 bridgehead atoms. The van der Waals surface area contributed by atoms with Crippen molar-refractivity contribution in [3.8, 4) is 0 Å². The van der Waals surface area contributed by atoms with Gasteiger partial charge in [0.15, 0.2) is 5.82 Å². The van der Waals surface area contributed by atoms with Crippen LogP contribution in [-0.4, -0.2) is 55.5 Å². The lowest BCUT2D eigenvalue weighted by atomic mass is 9.97. The van der Waals surface area contributed by atoms with Crippen LogP contribution in [0, 0.1) is 11.3 Å². The van der Waals surface area contributed by atoms with Crippen molar-refractivity contribution in [2.75, 3.05) is 6.54 Å². The molecule has 1 saturated heterocycles. The highest BCUT2D eigenvalue weighted by atomic mass is 16.2. The average Bonchev–Trinajstić information content (AvgIpc) is 3.53. The summed E-state index contributed by atoms with van der Waals surface area (Å²) in [6.45, 7) is 2.95. The molecule has 0 radical (unpaired) electrons. The fourth-order valence-electron chi connectivity index (χ4n) is 4.47. The van der Waals surface area contributed by atoms with Crippen LogP contribution >= 0.6 is 0 Å². The maximum absolute atomic E-state index is 12.7. The van der Waals surface area contributed by atoms with Gasteiger partial charge < -0.3 is 10.2 Å². The normalized spacial score (nSPS) is 31.7. The molecule has 3 aliphatic carbocycles. The molecule has 2 heterocycles. The van der Waals surface area contributed by atoms with Crippen molar-refractivity contribution >= 4 is 11.8 Å². The lowest BCUT2D eigenvalue weighted by Gasteiger charge is -2.38. The molecule has 1 aliphatic heterocycles. The molecule has 0 aromatic carbocycles. The molecule has 1 aromatic rings. The second kappa shape index (κ2) is 5.76. The molecule has 5 rings (SSSR count). The van der Waals surface area contributed by atoms with Crippen molar-refractivity contribution in [2.45, 2.75) is 76.4 Å². The number of nitrogens with one attached hydrogen (secondary N) is 1. The number of amides is 2. The molecule has 2 amide bonds. The number of piperidine rings is 1. The number of hydrogen-bond donors (Lipinski definition) is 1. The Bertz CT molecular complexity index is 738. The standard InChI is InChI=1S/C18H26N6O2/c1-11-8-13(4-7-23(11)17(26)14-9-18(14)5-6-18)19-15(25)10-24-21-16(20-22-24)12-2-3-12/h11-14H,2-10H2,1H3,(H,19,25). The number of carbonyl (C=O) groups is 2. The third-order valence-electron chi connectivity index (χ3n) is 6.60. The van der Waals surface area contributed by atoms with Crippen LogP contribution in [0.15, 0.2) is 0 Å². The Morgan fingerprint density at radius 2 is 2.08 bits per heavy atom. The second-order valence-corrected chi connectivity index (χ2v) is 8.74. The number of hydrogen-bond acceptors (Lipinski definition) is 5. The van der Waals surface area contributed by atoms with Crippen molar-refractivity contribution in [1.29, 1.82) is 0 Å². The Kier molecular flexibility index (Phi) is 3.59. The minimum atomic E-state index is -0.0825. The predicted molar refractivity (Wildman–Crippen MR) is 91.9 cm³/mol. The van der Waals surface area contributed by atoms with Crippen LogP contribution < -0.4 is 5.32 Å². The first-order valence-corrected chi connectivity index (χ1v) is 9.92. The lowest BCUT2D eigenvalue weighted by molar-refractivity contribution is -0.136. The molecule has 1 N–H and O–H groups in total. The van der Waals surface area contributed by atoms with Gasteiger partial charge in [0.2, 0.25) is 11.8 Å². The Labute approximate surface area is 152 Å². The van der Waals surface area contributed by atoms with Crippen molar-refractivity contribution in [2.24, 2.45) is 11.3 Å². The van der Waals surface area contributed by atoms with Gasteiger partial charge >= 0.3 is 0 Å². The van der Waals surface area contributed by atoms with Crippen molar-refractivity contribution < 1.29 is 9.59 Å². The Morgan fingerprint density at radius 1 is 1.27 bits per heavy atom. The molecule has 4 fully saturated rings. The number of carbonyl (C=O) groups excluding carboxylic acids is 2. The van der Waals surface area contributed by atoms with Gasteiger partial charge in [0, 0.05) is 30.5 Å². The first kappa shape index (κ1) is 16.2. The summed E-state index contributed by atoms with van der Waals surface area (Å²) in [6, 6.07) is 0.297. The van der Waals surface area contributed by atoms with Gasteiger partial charge in [-0.05, 0) is 62.5 Å². The van der Waals surface area contributed by atoms with E-state index in [1.54, 1.807) is 0 Å². The maximum Gasteiger partial charge on any atom is 0.243 e. The molecule has 3 atom stereocenters. The maximum atomic E-state index is 12.7. The molecular weight excluding hydrogens is 332 g/mol. The summed E-state index contributed by atoms with van der Waals surface area (Å²) in [6.07, 6.45) is 7.45. The van der Waals surface area contributed by atoms with Gasteiger partial charge in [-0.2, -0.15) is 4.80 Å². The summed E-state index contributed by atoms with van der Waals surface area (Å²) < 4.78 is 0. The van der Waals surface area contributed by atoms with Gasteiger partial charge in [0.1, 0.15) is 6.54 Å². The Hall–Kier alpha value is -1.99. The minimum Gasteiger partial charge on any atom is -0.352 e. The summed E-state index contributed by atoms with van der Waals surface area (Å²) in [4.78, 5) is 28.4. The number of aromatic nitrogens is 4. The van der Waals surface area contributed by atoms with Crippen LogP contribution in [0.25, 0.3) is 0 Å². The second-order valence-electron chi connectivity index (χ2n) is 8.74. The van der Waals surface area contributed by atoms with E-state index >= 15 is 0 Å². The van der Waals surface area contributed by atoms with Crippen LogP contribution in [0.1, 0.15) is 63.6 Å². The van der Waals surface area contributed by atoms with E-state index < -0.39 is 0 Å². The first-order valence-electron chi connectivity index (χ1n) is 9.92. The van der Waals surface area contributed by atoms with E-state index in [4.69, 9.17) is 0 Å². The molecule has 4 aliphatic rings. The van der Waals surface area contributed by atoms with E-state index in [1.807, 2.05) is 4.90 Å². The van der Waals surface area contributed by atoms with Crippen LogP contribution in [0.2, 0.25) is 0 Å². The first-order chi connectivity index (χ1) is 12.5. The largest absolute Gasteiger partial charge is 0.352 e. The molecule has 3 unspecified atom stereocenters. The number of rotatable bonds is 5. The summed E-state index contributed by atoms with van der Waals surface area (Å²) in [5.74, 6) is 1.75. The monoisotopic (exact) mass is 358 g/mol. The molecule has 26 heavy (non-hydrogen) atoms. The molecule has 1 spiro atoms. The van der Waals surface area contributed by atoms with Gasteiger partial charge in [0.05, 0.1) is 0 Å². The van der Waals surface area contributed by atoms with Gasteiger partial charge in [-0.15, -0.1) is 10.2 Å². The zero-order valence-electron chi connectivity index (χ0n) is 15.2. The molecule has 3 saturated carbocycles. The van der Waals surface area contributed by atoms with E-state index in [0.717, 1.165) is 44.5 Å². The fraction of sp³-hybridized carbons (Fsp3) is 0.833. The quantitative estimate of drug-likeness (QED) is 0.842. The van der Waals surface area contributed by atoms with E-state index in [1.165, 1.54) is 17.6 Å². The van der Waals surface area contributed by atoms with Gasteiger partial charge in [-0.1, -0.05) is 0 Å². The van der Waals surface area contributed by atoms with Gasteiger partial charge in [0.25, 0.3) is 0 Å². The van der Waals surface area contributed by atoms with Gasteiger partial charge in [-0.3, -0.25) is 9.59 Å². The topological polar surface area (TPSA) is 93.0 Å². The summed E-state index contributed by atoms with van der Waals surface area (Å²) in [7, 11) is 0. The van der Waals surface area contributed by atoms with Crippen LogP contribution in [0.5, 0.6) is 0 Å². The third kappa shape index (κ3) is 2.99. The third-order valence-corrected chi connectivity index (χ3v) is 6.60. The minimum absolute atomic E-state index is 0.0825. The molecule has 8 heteroatoms. The van der Waals surface area contributed by atoms with E-state index in [0.29, 0.717) is 17.2 Å². The number of nitrogens with zero attached hydrogens (tertiary/aromatic N) is 5. The van der Waals surface area contributed by atoms with E-state index in [2.05, 4.69) is 27.7 Å². The SMILES string of the molecule is CC1CC(NC(=O)Cn2nnc(C3CC3)n2)CCN1C(=O)C1CC12CC2. The molecule has 140 valence electrons. The fourth-order valence-corrected chi connectivity index (χ4v) is 4.47. The Morgan fingerprint density at radius 3 is 2.73 bits per heavy atom. The van der Waals surface area contributed by atoms with Crippen molar-refractivity contribution in [3.05, 3.63) is 5.82 Å². The van der Waals surface area contributed by atoms with Crippen LogP contribution in [0.4, 0.5) is 0 Å². The summed E-state index contributed by atoms with van der Waals surface area (Å²) in [5.41, 5.74) is 0.409. The highest BCUT2D eigenvalue weighted by Crippen LogP contribution is 2.71. The predicted octanol–water partition coefficient (Wildman–Crippen LogP) is 0.846. The highest BCUT2D eigenvalue weighted by Gasteiger charge is 2.66. The van der Waals surface area contributed by atoms with Gasteiger partial charge in [-0.25, -0.2) is 0 Å². The van der Waals surface area contributed by atoms with Crippen LogP contribution in [-0.2, 0) is 16.1 Å². The summed E-state index contributed by atoms with van der Waals surface area (Å²) in [5, 5.41) is 15.3. The molecule has 8 nitrogen and oxygen atoms in total. The smallest absolute Gasteiger partial charge is 0.243 e. The number of tetrazole rings is 1. The van der Waals surface area contributed by atoms with E-state index in [9.17, 15) is 9.59 Å². The zero-order chi connectivity index (χ0) is 17.9. The van der Waals surface area contributed by atoms with Crippen molar-refractivity contribution in [1.82, 2.24) is 30.4 Å². The van der Waals surface area contributed by atoms with Crippen LogP contribution in [0.3, 0.4) is 0 Å². The average molecular weight is 358 g/mol.